The van der Waals surface area contributed by atoms with Crippen molar-refractivity contribution in [3.8, 4) is 5.88 Å². The van der Waals surface area contributed by atoms with Crippen LogP contribution in [0.25, 0.3) is 0 Å². The highest BCUT2D eigenvalue weighted by molar-refractivity contribution is 5.78. The highest BCUT2D eigenvalue weighted by Gasteiger charge is 2.51. The average Bonchev–Trinajstić information content (AvgIpc) is 3.59. The van der Waals surface area contributed by atoms with Crippen LogP contribution >= 0.6 is 0 Å². The molecule has 0 amide bonds. The van der Waals surface area contributed by atoms with Gasteiger partial charge in [0.15, 0.2) is 0 Å². The number of nitrogens with zero attached hydrogens (tertiary/aromatic N) is 2. The molecule has 2 aliphatic carbocycles. The molecule has 1 saturated heterocycles. The smallest absolute Gasteiger partial charge is 0.310 e. The lowest BCUT2D eigenvalue weighted by atomic mass is 9.73. The molecule has 2 N–H and O–H groups in total. The van der Waals surface area contributed by atoms with Gasteiger partial charge in [0.25, 0.3) is 0 Å². The maximum absolute atomic E-state index is 11.5. The van der Waals surface area contributed by atoms with Gasteiger partial charge in [0, 0.05) is 31.4 Å². The molecule has 1 aromatic heterocycles. The van der Waals surface area contributed by atoms with E-state index in [0.717, 1.165) is 58.3 Å². The molecule has 148 valence electrons. The summed E-state index contributed by atoms with van der Waals surface area (Å²) in [6.07, 6.45) is 9.44. The van der Waals surface area contributed by atoms with E-state index in [-0.39, 0.29) is 5.41 Å². The van der Waals surface area contributed by atoms with Crippen molar-refractivity contribution in [1.82, 2.24) is 15.2 Å². The van der Waals surface area contributed by atoms with Crippen molar-refractivity contribution in [2.45, 2.75) is 51.0 Å². The number of pyridine rings is 1. The Morgan fingerprint density at radius 3 is 2.56 bits per heavy atom. The molecular formula is C21H31N3O3. The van der Waals surface area contributed by atoms with Crippen LogP contribution in [-0.4, -0.2) is 60.3 Å². The Hall–Kier alpha value is -1.66. The van der Waals surface area contributed by atoms with E-state index in [1.165, 1.54) is 18.4 Å². The maximum atomic E-state index is 11.5. The van der Waals surface area contributed by atoms with E-state index < -0.39 is 11.4 Å². The first-order valence-electron chi connectivity index (χ1n) is 10.2. The van der Waals surface area contributed by atoms with Crippen molar-refractivity contribution < 1.29 is 14.6 Å². The zero-order chi connectivity index (χ0) is 18.9. The monoisotopic (exact) mass is 373 g/mol. The minimum atomic E-state index is -0.612. The number of carboxylic acids is 1. The molecule has 0 aromatic carbocycles. The Balaban J connectivity index is 1.39. The summed E-state index contributed by atoms with van der Waals surface area (Å²) >= 11 is 0. The second-order valence-corrected chi connectivity index (χ2v) is 8.90. The van der Waals surface area contributed by atoms with Crippen LogP contribution in [0.2, 0.25) is 0 Å². The first-order chi connectivity index (χ1) is 13.0. The minimum absolute atomic E-state index is 0.231. The van der Waals surface area contributed by atoms with Crippen molar-refractivity contribution in [1.29, 1.82) is 0 Å². The van der Waals surface area contributed by atoms with Crippen LogP contribution in [0.4, 0.5) is 0 Å². The van der Waals surface area contributed by atoms with Crippen LogP contribution in [0.1, 0.15) is 44.1 Å². The molecule has 27 heavy (non-hydrogen) atoms. The molecule has 0 atom stereocenters. The quantitative estimate of drug-likeness (QED) is 0.692. The molecule has 2 saturated carbocycles. The molecule has 3 fully saturated rings. The molecule has 0 unspecified atom stereocenters. The summed E-state index contributed by atoms with van der Waals surface area (Å²) in [6, 6.07) is 4.77. The van der Waals surface area contributed by atoms with Crippen molar-refractivity contribution >= 4 is 5.97 Å². The third kappa shape index (κ3) is 4.43. The van der Waals surface area contributed by atoms with Gasteiger partial charge < -0.3 is 20.1 Å². The van der Waals surface area contributed by atoms with Crippen LogP contribution < -0.4 is 10.1 Å². The summed E-state index contributed by atoms with van der Waals surface area (Å²) in [7, 11) is 1.64. The highest BCUT2D eigenvalue weighted by atomic mass is 16.5. The van der Waals surface area contributed by atoms with Gasteiger partial charge in [-0.25, -0.2) is 4.98 Å². The molecule has 6 nitrogen and oxygen atoms in total. The number of aliphatic carboxylic acids is 1. The van der Waals surface area contributed by atoms with Crippen LogP contribution in [-0.2, 0) is 11.2 Å². The molecular weight excluding hydrogens is 342 g/mol. The van der Waals surface area contributed by atoms with Crippen molar-refractivity contribution in [3.63, 3.8) is 0 Å². The first-order valence-corrected chi connectivity index (χ1v) is 10.2. The van der Waals surface area contributed by atoms with Gasteiger partial charge in [-0.3, -0.25) is 4.79 Å². The number of carboxylic acid groups (broad SMARTS) is 1. The van der Waals surface area contributed by atoms with Gasteiger partial charge in [-0.05, 0) is 69.0 Å². The van der Waals surface area contributed by atoms with E-state index >= 15 is 0 Å². The van der Waals surface area contributed by atoms with Gasteiger partial charge in [-0.15, -0.1) is 0 Å². The van der Waals surface area contributed by atoms with Crippen molar-refractivity contribution in [2.75, 3.05) is 33.3 Å². The van der Waals surface area contributed by atoms with E-state index in [2.05, 4.69) is 21.3 Å². The largest absolute Gasteiger partial charge is 0.481 e. The fourth-order valence-electron chi connectivity index (χ4n) is 4.34. The Morgan fingerprint density at radius 2 is 2.04 bits per heavy atom. The molecule has 4 rings (SSSR count). The number of ether oxygens (including phenoxy) is 1. The van der Waals surface area contributed by atoms with Gasteiger partial charge in [-0.2, -0.15) is 0 Å². The van der Waals surface area contributed by atoms with E-state index in [1.54, 1.807) is 7.11 Å². The number of piperidine rings is 1. The predicted molar refractivity (Wildman–Crippen MR) is 103 cm³/mol. The number of hydrogen-bond acceptors (Lipinski definition) is 5. The summed E-state index contributed by atoms with van der Waals surface area (Å²) in [4.78, 5) is 18.3. The highest BCUT2D eigenvalue weighted by Crippen LogP contribution is 2.47. The summed E-state index contributed by atoms with van der Waals surface area (Å²) in [5.74, 6) is 0.0428. The average molecular weight is 373 g/mol. The minimum Gasteiger partial charge on any atom is -0.481 e. The van der Waals surface area contributed by atoms with Crippen LogP contribution in [0.3, 0.4) is 0 Å². The van der Waals surface area contributed by atoms with E-state index in [9.17, 15) is 9.90 Å². The summed E-state index contributed by atoms with van der Waals surface area (Å²) in [5, 5.41) is 13.2. The lowest BCUT2D eigenvalue weighted by Gasteiger charge is -2.43. The Kier molecular flexibility index (Phi) is 5.12. The zero-order valence-electron chi connectivity index (χ0n) is 16.2. The van der Waals surface area contributed by atoms with Gasteiger partial charge in [-0.1, -0.05) is 6.07 Å². The Morgan fingerprint density at radius 1 is 1.30 bits per heavy atom. The molecule has 0 bridgehead atoms. The molecule has 1 aliphatic heterocycles. The second-order valence-electron chi connectivity index (χ2n) is 8.90. The SMILES string of the molecule is COc1ccc(CC2(CNC3CC3)CCN(CC3(C(=O)O)CC3)CC2)cn1. The molecule has 2 heterocycles. The fourth-order valence-corrected chi connectivity index (χ4v) is 4.34. The molecule has 0 spiro atoms. The third-order valence-corrected chi connectivity index (χ3v) is 6.68. The fraction of sp³-hybridized carbons (Fsp3) is 0.714. The van der Waals surface area contributed by atoms with E-state index in [4.69, 9.17) is 4.74 Å². The summed E-state index contributed by atoms with van der Waals surface area (Å²) in [6.45, 7) is 3.75. The van der Waals surface area contributed by atoms with Gasteiger partial charge in [0.05, 0.1) is 12.5 Å². The maximum Gasteiger partial charge on any atom is 0.310 e. The molecule has 0 radical (unpaired) electrons. The molecule has 1 aromatic rings. The number of carbonyl (C=O) groups is 1. The lowest BCUT2D eigenvalue weighted by molar-refractivity contribution is -0.144. The number of methoxy groups -OCH3 is 1. The van der Waals surface area contributed by atoms with Crippen LogP contribution in [0.15, 0.2) is 18.3 Å². The number of aromatic nitrogens is 1. The second kappa shape index (κ2) is 7.40. The number of likely N-dealkylation sites (tertiary alicyclic amines) is 1. The van der Waals surface area contributed by atoms with E-state index in [1.807, 2.05) is 12.3 Å². The zero-order valence-corrected chi connectivity index (χ0v) is 16.2. The Bertz CT molecular complexity index is 660. The van der Waals surface area contributed by atoms with Crippen LogP contribution in [0.5, 0.6) is 5.88 Å². The van der Waals surface area contributed by atoms with E-state index in [0.29, 0.717) is 11.9 Å². The van der Waals surface area contributed by atoms with Gasteiger partial charge in [0.2, 0.25) is 5.88 Å². The Labute approximate surface area is 161 Å². The molecule has 6 heteroatoms. The number of nitrogens with one attached hydrogen (secondary N) is 1. The predicted octanol–water partition coefficient (Wildman–Crippen LogP) is 2.33. The lowest BCUT2D eigenvalue weighted by Crippen LogP contribution is -2.48. The van der Waals surface area contributed by atoms with Gasteiger partial charge in [0.1, 0.15) is 0 Å². The third-order valence-electron chi connectivity index (χ3n) is 6.68. The topological polar surface area (TPSA) is 74.7 Å². The van der Waals surface area contributed by atoms with Crippen molar-refractivity contribution in [2.24, 2.45) is 10.8 Å². The number of hydrogen-bond donors (Lipinski definition) is 2. The number of rotatable bonds is 9. The standard InChI is InChI=1S/C21H31N3O3/c1-27-18-5-2-16(13-22-18)12-20(14-23-17-3-4-17)8-10-24(11-9-20)15-21(6-7-21)19(25)26/h2,5,13,17,23H,3-4,6-12,14-15H2,1H3,(H,25,26). The molecule has 3 aliphatic rings. The van der Waals surface area contributed by atoms with Gasteiger partial charge >= 0.3 is 5.97 Å². The van der Waals surface area contributed by atoms with Crippen LogP contribution in [0, 0.1) is 10.8 Å². The first kappa shape index (κ1) is 18.7. The van der Waals surface area contributed by atoms with Crippen molar-refractivity contribution in [3.05, 3.63) is 23.9 Å². The normalized spacial score (nSPS) is 23.7. The summed E-state index contributed by atoms with van der Waals surface area (Å²) in [5.41, 5.74) is 1.03. The summed E-state index contributed by atoms with van der Waals surface area (Å²) < 4.78 is 5.18.